The van der Waals surface area contributed by atoms with E-state index in [-0.39, 0.29) is 22.7 Å². The van der Waals surface area contributed by atoms with Crippen LogP contribution in [0.2, 0.25) is 10.4 Å². The van der Waals surface area contributed by atoms with Crippen LogP contribution in [0.1, 0.15) is 20.3 Å². The van der Waals surface area contributed by atoms with Gasteiger partial charge in [0.25, 0.3) is 0 Å². The zero-order valence-corrected chi connectivity index (χ0v) is 10.3. The van der Waals surface area contributed by atoms with E-state index in [4.69, 9.17) is 28.9 Å². The fourth-order valence-electron chi connectivity index (χ4n) is 1.17. The second-order valence-corrected chi connectivity index (χ2v) is 4.57. The van der Waals surface area contributed by atoms with Crippen LogP contribution in [0.15, 0.2) is 0 Å². The molecule has 1 amide bonds. The monoisotopic (exact) mass is 263 g/mol. The normalized spacial score (nSPS) is 11.2. The molecule has 6 nitrogen and oxygen atoms in total. The van der Waals surface area contributed by atoms with Crippen LogP contribution in [0.25, 0.3) is 0 Å². The molecule has 16 heavy (non-hydrogen) atoms. The van der Waals surface area contributed by atoms with E-state index < -0.39 is 11.4 Å². The van der Waals surface area contributed by atoms with Crippen LogP contribution in [0.3, 0.4) is 0 Å². The summed E-state index contributed by atoms with van der Waals surface area (Å²) in [4.78, 5) is 14.7. The Balaban J connectivity index is 2.86. The number of aromatic nitrogens is 3. The van der Waals surface area contributed by atoms with E-state index in [1.165, 1.54) is 0 Å². The van der Waals surface area contributed by atoms with E-state index in [9.17, 15) is 4.79 Å². The van der Waals surface area contributed by atoms with Gasteiger partial charge in [-0.05, 0) is 25.4 Å². The molecule has 0 unspecified atom stereocenters. The topological polar surface area (TPSA) is 93.8 Å². The predicted octanol–water partition coefficient (Wildman–Crippen LogP) is 1.24. The largest absolute Gasteiger partial charge is 0.370 e. The Morgan fingerprint density at radius 2 is 2.06 bits per heavy atom. The Bertz CT molecular complexity index is 409. The molecule has 88 valence electrons. The highest BCUT2D eigenvalue weighted by atomic mass is 35.5. The molecular formula is C8H11Cl2N5O. The maximum Gasteiger partial charge on any atom is 0.245 e. The Morgan fingerprint density at radius 3 is 2.62 bits per heavy atom. The van der Waals surface area contributed by atoms with Crippen molar-refractivity contribution < 1.29 is 4.79 Å². The van der Waals surface area contributed by atoms with Gasteiger partial charge < -0.3 is 11.1 Å². The van der Waals surface area contributed by atoms with Crippen molar-refractivity contribution in [3.05, 3.63) is 10.4 Å². The predicted molar refractivity (Wildman–Crippen MR) is 61.4 cm³/mol. The minimum absolute atomic E-state index is 0.0261. The summed E-state index contributed by atoms with van der Waals surface area (Å²) in [5, 5.41) is 10.0. The number of carbonyl (C=O) groups excluding carboxylic acids is 1. The molecule has 0 aliphatic carbocycles. The second kappa shape index (κ2) is 4.80. The number of hydrogen-bond donors (Lipinski definition) is 2. The van der Waals surface area contributed by atoms with Crippen molar-refractivity contribution in [2.75, 3.05) is 5.32 Å². The zero-order valence-electron chi connectivity index (χ0n) is 8.79. The molecule has 1 heterocycles. The molecule has 0 saturated heterocycles. The zero-order chi connectivity index (χ0) is 12.3. The molecule has 0 aliphatic heterocycles. The van der Waals surface area contributed by atoms with Gasteiger partial charge >= 0.3 is 0 Å². The van der Waals surface area contributed by atoms with Gasteiger partial charge in [-0.25, -0.2) is 0 Å². The SMILES string of the molecule is CC(C)(CC(N)=O)Nc1nc(Cl)nnc1Cl. The van der Waals surface area contributed by atoms with Gasteiger partial charge in [0, 0.05) is 12.0 Å². The fourth-order valence-corrected chi connectivity index (χ4v) is 1.42. The molecule has 0 saturated carbocycles. The molecular weight excluding hydrogens is 253 g/mol. The average molecular weight is 264 g/mol. The minimum atomic E-state index is -0.588. The molecule has 0 aromatic carbocycles. The number of anilines is 1. The highest BCUT2D eigenvalue weighted by Gasteiger charge is 2.22. The number of halogens is 2. The van der Waals surface area contributed by atoms with E-state index in [1.54, 1.807) is 13.8 Å². The molecule has 0 bridgehead atoms. The number of nitrogens with two attached hydrogens (primary N) is 1. The van der Waals surface area contributed by atoms with E-state index in [0.29, 0.717) is 0 Å². The van der Waals surface area contributed by atoms with Crippen molar-refractivity contribution in [1.29, 1.82) is 0 Å². The van der Waals surface area contributed by atoms with Crippen molar-refractivity contribution in [3.63, 3.8) is 0 Å². The summed E-state index contributed by atoms with van der Waals surface area (Å²) in [7, 11) is 0. The van der Waals surface area contributed by atoms with Gasteiger partial charge in [0.05, 0.1) is 0 Å². The quantitative estimate of drug-likeness (QED) is 0.853. The molecule has 1 aromatic rings. The first-order valence-electron chi connectivity index (χ1n) is 4.42. The summed E-state index contributed by atoms with van der Waals surface area (Å²) in [6.07, 6.45) is 0.130. The third-order valence-electron chi connectivity index (χ3n) is 1.69. The summed E-state index contributed by atoms with van der Waals surface area (Å²) in [6.45, 7) is 3.56. The molecule has 0 radical (unpaired) electrons. The lowest BCUT2D eigenvalue weighted by molar-refractivity contribution is -0.118. The minimum Gasteiger partial charge on any atom is -0.370 e. The first-order chi connectivity index (χ1) is 7.30. The number of hydrogen-bond acceptors (Lipinski definition) is 5. The summed E-state index contributed by atoms with van der Waals surface area (Å²) in [6, 6.07) is 0. The van der Waals surface area contributed by atoms with Crippen LogP contribution in [-0.4, -0.2) is 26.6 Å². The van der Waals surface area contributed by atoms with Crippen LogP contribution in [0.4, 0.5) is 5.82 Å². The summed E-state index contributed by atoms with van der Waals surface area (Å²) in [5.41, 5.74) is 4.53. The second-order valence-electron chi connectivity index (χ2n) is 3.87. The number of primary amides is 1. The van der Waals surface area contributed by atoms with Crippen LogP contribution in [0, 0.1) is 0 Å². The number of nitrogens with zero attached hydrogens (tertiary/aromatic N) is 3. The standard InChI is InChI=1S/C8H11Cl2N5O/c1-8(2,3-4(11)16)13-6-5(9)14-15-7(10)12-6/h3H2,1-2H3,(H2,11,16)(H,12,13,15). The van der Waals surface area contributed by atoms with Crippen molar-refractivity contribution in [3.8, 4) is 0 Å². The van der Waals surface area contributed by atoms with Crippen LogP contribution < -0.4 is 11.1 Å². The Morgan fingerprint density at radius 1 is 1.44 bits per heavy atom. The van der Waals surface area contributed by atoms with E-state index in [2.05, 4.69) is 20.5 Å². The smallest absolute Gasteiger partial charge is 0.245 e. The maximum atomic E-state index is 10.8. The van der Waals surface area contributed by atoms with Crippen LogP contribution >= 0.6 is 23.2 Å². The third-order valence-corrected chi connectivity index (χ3v) is 2.11. The van der Waals surface area contributed by atoms with Crippen molar-refractivity contribution >= 4 is 34.9 Å². The van der Waals surface area contributed by atoms with Crippen LogP contribution in [0.5, 0.6) is 0 Å². The Kier molecular flexibility index (Phi) is 3.88. The number of rotatable bonds is 4. The third kappa shape index (κ3) is 3.79. The molecule has 1 aromatic heterocycles. The molecule has 0 fully saturated rings. The van der Waals surface area contributed by atoms with Gasteiger partial charge in [-0.1, -0.05) is 11.6 Å². The molecule has 3 N–H and O–H groups in total. The van der Waals surface area contributed by atoms with Crippen molar-refractivity contribution in [1.82, 2.24) is 15.2 Å². The molecule has 0 aliphatic rings. The van der Waals surface area contributed by atoms with Crippen molar-refractivity contribution in [2.24, 2.45) is 5.73 Å². The Labute approximate surface area is 103 Å². The van der Waals surface area contributed by atoms with Crippen LogP contribution in [-0.2, 0) is 4.79 Å². The van der Waals surface area contributed by atoms with Gasteiger partial charge in [-0.3, -0.25) is 4.79 Å². The lowest BCUT2D eigenvalue weighted by Gasteiger charge is -2.25. The van der Waals surface area contributed by atoms with Gasteiger partial charge in [-0.15, -0.1) is 10.2 Å². The molecule has 0 spiro atoms. The van der Waals surface area contributed by atoms with E-state index in [0.717, 1.165) is 0 Å². The number of amides is 1. The maximum absolute atomic E-state index is 10.8. The van der Waals surface area contributed by atoms with Gasteiger partial charge in [0.1, 0.15) is 0 Å². The summed E-state index contributed by atoms with van der Waals surface area (Å²) < 4.78 is 0. The fraction of sp³-hybridized carbons (Fsp3) is 0.500. The lowest BCUT2D eigenvalue weighted by atomic mass is 10.0. The number of carbonyl (C=O) groups is 1. The number of nitrogens with one attached hydrogen (secondary N) is 1. The first-order valence-corrected chi connectivity index (χ1v) is 5.18. The first kappa shape index (κ1) is 12.9. The average Bonchev–Trinajstić information content (AvgIpc) is 2.08. The highest BCUT2D eigenvalue weighted by molar-refractivity contribution is 6.32. The van der Waals surface area contributed by atoms with Crippen molar-refractivity contribution in [2.45, 2.75) is 25.8 Å². The molecule has 1 rings (SSSR count). The highest BCUT2D eigenvalue weighted by Crippen LogP contribution is 2.22. The molecule has 8 heteroatoms. The summed E-state index contributed by atoms with van der Waals surface area (Å²) in [5.74, 6) is -0.158. The van der Waals surface area contributed by atoms with E-state index >= 15 is 0 Å². The summed E-state index contributed by atoms with van der Waals surface area (Å²) >= 11 is 11.3. The Hall–Kier alpha value is -1.14. The van der Waals surface area contributed by atoms with Gasteiger partial charge in [-0.2, -0.15) is 4.98 Å². The van der Waals surface area contributed by atoms with Gasteiger partial charge in [0.2, 0.25) is 11.2 Å². The van der Waals surface area contributed by atoms with Gasteiger partial charge in [0.15, 0.2) is 11.0 Å². The lowest BCUT2D eigenvalue weighted by Crippen LogP contribution is -2.36. The van der Waals surface area contributed by atoms with E-state index in [1.807, 2.05) is 0 Å². The molecule has 0 atom stereocenters.